The van der Waals surface area contributed by atoms with Crippen molar-refractivity contribution in [3.63, 3.8) is 0 Å². The second-order valence-corrected chi connectivity index (χ2v) is 5.59. The first-order valence-corrected chi connectivity index (χ1v) is 7.14. The van der Waals surface area contributed by atoms with Crippen molar-refractivity contribution in [2.75, 3.05) is 0 Å². The molecule has 21 heavy (non-hydrogen) atoms. The number of nitriles is 1. The molecule has 0 fully saturated rings. The van der Waals surface area contributed by atoms with Crippen LogP contribution in [0.4, 0.5) is 13.2 Å². The van der Waals surface area contributed by atoms with E-state index in [1.54, 1.807) is 6.07 Å². The first-order valence-electron chi connectivity index (χ1n) is 5.55. The lowest BCUT2D eigenvalue weighted by Crippen LogP contribution is -2.04. The van der Waals surface area contributed by atoms with E-state index < -0.39 is 11.7 Å². The van der Waals surface area contributed by atoms with Gasteiger partial charge in [0.1, 0.15) is 5.76 Å². The van der Waals surface area contributed by atoms with Gasteiger partial charge in [-0.3, -0.25) is 0 Å². The van der Waals surface area contributed by atoms with Gasteiger partial charge in [0.15, 0.2) is 4.67 Å². The van der Waals surface area contributed by atoms with E-state index in [0.29, 0.717) is 14.9 Å². The third-order valence-electron chi connectivity index (χ3n) is 2.57. The summed E-state index contributed by atoms with van der Waals surface area (Å²) in [5.74, 6) is 0.350. The number of hydrogen-bond donors (Lipinski definition) is 0. The van der Waals surface area contributed by atoms with Gasteiger partial charge in [0, 0.05) is 0 Å². The molecule has 0 saturated carbocycles. The number of hydrogen-bond acceptors (Lipinski definition) is 2. The maximum atomic E-state index is 12.7. The fraction of sp³-hybridized carbons (Fsp3) is 0.0714. The van der Waals surface area contributed by atoms with Gasteiger partial charge in [-0.25, -0.2) is 0 Å². The number of rotatable bonds is 2. The predicted octanol–water partition coefficient (Wildman–Crippen LogP) is 5.89. The first kappa shape index (κ1) is 15.9. The van der Waals surface area contributed by atoms with Crippen molar-refractivity contribution < 1.29 is 17.6 Å². The zero-order valence-corrected chi connectivity index (χ0v) is 13.4. The largest absolute Gasteiger partial charge is 0.449 e. The highest BCUT2D eigenvalue weighted by molar-refractivity contribution is 9.13. The van der Waals surface area contributed by atoms with Gasteiger partial charge >= 0.3 is 6.18 Å². The summed E-state index contributed by atoms with van der Waals surface area (Å²) < 4.78 is 44.4. The fourth-order valence-electron chi connectivity index (χ4n) is 1.62. The predicted molar refractivity (Wildman–Crippen MR) is 79.0 cm³/mol. The van der Waals surface area contributed by atoms with Gasteiger partial charge in [-0.15, -0.1) is 0 Å². The van der Waals surface area contributed by atoms with Crippen LogP contribution in [0.15, 0.2) is 43.9 Å². The van der Waals surface area contributed by atoms with E-state index in [0.717, 1.165) is 12.1 Å². The van der Waals surface area contributed by atoms with E-state index in [1.165, 1.54) is 18.2 Å². The van der Waals surface area contributed by atoms with Crippen molar-refractivity contribution in [2.24, 2.45) is 0 Å². The van der Waals surface area contributed by atoms with Crippen LogP contribution in [0.25, 0.3) is 11.6 Å². The zero-order valence-electron chi connectivity index (χ0n) is 10.2. The van der Waals surface area contributed by atoms with Crippen molar-refractivity contribution in [3.8, 4) is 6.07 Å². The van der Waals surface area contributed by atoms with Gasteiger partial charge < -0.3 is 4.42 Å². The molecule has 0 saturated heterocycles. The van der Waals surface area contributed by atoms with Crippen LogP contribution in [0.2, 0.25) is 0 Å². The standard InChI is InChI=1S/C14H6Br2F3NO/c15-12-6-11(21-13(12)16)5-9(7-20)8-2-1-3-10(4-8)14(17,18)19/h1-6H/b9-5-. The van der Waals surface area contributed by atoms with Crippen molar-refractivity contribution in [2.45, 2.75) is 6.18 Å². The van der Waals surface area contributed by atoms with E-state index in [4.69, 9.17) is 9.68 Å². The average molecular weight is 421 g/mol. The lowest BCUT2D eigenvalue weighted by molar-refractivity contribution is -0.137. The molecule has 0 aliphatic rings. The maximum absolute atomic E-state index is 12.7. The Morgan fingerprint density at radius 2 is 1.95 bits per heavy atom. The summed E-state index contributed by atoms with van der Waals surface area (Å²) in [5.41, 5.74) is -0.547. The molecule has 1 aromatic carbocycles. The molecular weight excluding hydrogens is 415 g/mol. The van der Waals surface area contributed by atoms with Gasteiger partial charge in [-0.2, -0.15) is 18.4 Å². The summed E-state index contributed by atoms with van der Waals surface area (Å²) in [6.45, 7) is 0. The summed E-state index contributed by atoms with van der Waals surface area (Å²) in [7, 11) is 0. The molecule has 2 nitrogen and oxygen atoms in total. The molecule has 0 aliphatic carbocycles. The van der Waals surface area contributed by atoms with Gasteiger partial charge in [0.05, 0.1) is 21.7 Å². The second kappa shape index (κ2) is 6.08. The number of benzene rings is 1. The Balaban J connectivity index is 2.45. The minimum absolute atomic E-state index is 0.0786. The van der Waals surface area contributed by atoms with E-state index in [2.05, 4.69) is 31.9 Å². The Morgan fingerprint density at radius 1 is 1.24 bits per heavy atom. The third kappa shape index (κ3) is 3.77. The van der Waals surface area contributed by atoms with Crippen LogP contribution >= 0.6 is 31.9 Å². The molecule has 1 aromatic heterocycles. The summed E-state index contributed by atoms with van der Waals surface area (Å²) in [5, 5.41) is 9.15. The fourth-order valence-corrected chi connectivity index (χ4v) is 2.23. The highest BCUT2D eigenvalue weighted by Crippen LogP contribution is 2.32. The van der Waals surface area contributed by atoms with Crippen LogP contribution in [0.3, 0.4) is 0 Å². The molecule has 0 bridgehead atoms. The van der Waals surface area contributed by atoms with E-state index in [-0.39, 0.29) is 11.1 Å². The molecule has 0 unspecified atom stereocenters. The van der Waals surface area contributed by atoms with Crippen LogP contribution in [-0.4, -0.2) is 0 Å². The zero-order chi connectivity index (χ0) is 15.6. The number of allylic oxidation sites excluding steroid dienone is 1. The van der Waals surface area contributed by atoms with Crippen LogP contribution in [0.5, 0.6) is 0 Å². The van der Waals surface area contributed by atoms with Crippen LogP contribution in [0, 0.1) is 11.3 Å². The monoisotopic (exact) mass is 419 g/mol. The van der Waals surface area contributed by atoms with E-state index in [9.17, 15) is 13.2 Å². The van der Waals surface area contributed by atoms with Crippen molar-refractivity contribution >= 4 is 43.5 Å². The van der Waals surface area contributed by atoms with Crippen LogP contribution in [-0.2, 0) is 6.18 Å². The smallest absolute Gasteiger partial charge is 0.416 e. The molecular formula is C14H6Br2F3NO. The van der Waals surface area contributed by atoms with Gasteiger partial charge in [0.2, 0.25) is 0 Å². The molecule has 1 heterocycles. The van der Waals surface area contributed by atoms with E-state index in [1.807, 2.05) is 6.07 Å². The van der Waals surface area contributed by atoms with E-state index >= 15 is 0 Å². The second-order valence-electron chi connectivity index (χ2n) is 4.02. The molecule has 0 spiro atoms. The summed E-state index contributed by atoms with van der Waals surface area (Å²) in [4.78, 5) is 0. The Labute approximate surface area is 135 Å². The van der Waals surface area contributed by atoms with Crippen molar-refractivity contribution in [1.82, 2.24) is 0 Å². The summed E-state index contributed by atoms with van der Waals surface area (Å²) >= 11 is 6.37. The Morgan fingerprint density at radius 3 is 2.48 bits per heavy atom. The molecule has 2 rings (SSSR count). The van der Waals surface area contributed by atoms with Gasteiger partial charge in [0.25, 0.3) is 0 Å². The summed E-state index contributed by atoms with van der Waals surface area (Å²) in [6, 6.07) is 8.08. The Hall–Kier alpha value is -1.52. The Kier molecular flexibility index (Phi) is 4.59. The molecule has 0 amide bonds. The molecule has 0 atom stereocenters. The third-order valence-corrected chi connectivity index (χ3v) is 4.28. The quantitative estimate of drug-likeness (QED) is 0.568. The number of furan rings is 1. The van der Waals surface area contributed by atoms with Crippen molar-refractivity contribution in [3.05, 3.63) is 56.4 Å². The SMILES string of the molecule is N#C/C(=C/c1cc(Br)c(Br)o1)c1cccc(C(F)(F)F)c1. The highest BCUT2D eigenvalue weighted by Gasteiger charge is 2.30. The van der Waals surface area contributed by atoms with Crippen LogP contribution < -0.4 is 0 Å². The molecule has 108 valence electrons. The van der Waals surface area contributed by atoms with Crippen molar-refractivity contribution in [1.29, 1.82) is 5.26 Å². The molecule has 7 heteroatoms. The lowest BCUT2D eigenvalue weighted by Gasteiger charge is -2.07. The minimum Gasteiger partial charge on any atom is -0.449 e. The van der Waals surface area contributed by atoms with Gasteiger partial charge in [-0.05, 0) is 61.7 Å². The topological polar surface area (TPSA) is 36.9 Å². The highest BCUT2D eigenvalue weighted by atomic mass is 79.9. The molecule has 0 N–H and O–H groups in total. The van der Waals surface area contributed by atoms with Crippen LogP contribution in [0.1, 0.15) is 16.9 Å². The lowest BCUT2D eigenvalue weighted by atomic mass is 10.0. The number of halogens is 5. The summed E-state index contributed by atoms with van der Waals surface area (Å²) in [6.07, 6.45) is -3.07. The molecule has 2 aromatic rings. The van der Waals surface area contributed by atoms with Gasteiger partial charge in [-0.1, -0.05) is 12.1 Å². The normalized spacial score (nSPS) is 12.3. The number of nitrogens with zero attached hydrogens (tertiary/aromatic N) is 1. The first-order chi connectivity index (χ1) is 9.81. The maximum Gasteiger partial charge on any atom is 0.416 e. The average Bonchev–Trinajstić information content (AvgIpc) is 2.74. The molecule has 0 radical (unpaired) electrons. The molecule has 0 aliphatic heterocycles. The Bertz CT molecular complexity index is 722. The number of alkyl halides is 3. The minimum atomic E-state index is -4.45.